The predicted molar refractivity (Wildman–Crippen MR) is 97.6 cm³/mol. The molecule has 1 aromatic heterocycles. The largest absolute Gasteiger partial charge is 0.480 e. The smallest absolute Gasteiger partial charge is 0.317 e. The molecule has 2 rings (SSSR count). The fraction of sp³-hybridized carbons (Fsp3) is 0.333. The number of likely N-dealkylation sites (N-methyl/N-ethyl adjacent to an activating group) is 1. The molecule has 0 unspecified atom stereocenters. The Hall–Kier alpha value is -3.20. The number of carbonyl (C=O) groups is 3. The van der Waals surface area contributed by atoms with Gasteiger partial charge in [-0.15, -0.1) is 0 Å². The highest BCUT2D eigenvalue weighted by Gasteiger charge is 2.22. The van der Waals surface area contributed by atoms with Gasteiger partial charge in [-0.2, -0.15) is 0 Å². The molecule has 0 saturated carbocycles. The van der Waals surface area contributed by atoms with Crippen LogP contribution >= 0.6 is 0 Å². The Bertz CT molecular complexity index is 748. The van der Waals surface area contributed by atoms with Crippen molar-refractivity contribution in [2.24, 2.45) is 0 Å². The van der Waals surface area contributed by atoms with Gasteiger partial charge in [0.2, 0.25) is 11.8 Å². The molecule has 1 atom stereocenters. The molecule has 0 radical (unpaired) electrons. The average Bonchev–Trinajstić information content (AvgIpc) is 3.13. The lowest BCUT2D eigenvalue weighted by Gasteiger charge is -2.22. The van der Waals surface area contributed by atoms with E-state index in [-0.39, 0.29) is 25.4 Å². The molecule has 0 bridgehead atoms. The maximum atomic E-state index is 12.4. The lowest BCUT2D eigenvalue weighted by Crippen LogP contribution is -2.50. The van der Waals surface area contributed by atoms with Crippen molar-refractivity contribution in [3.05, 3.63) is 54.1 Å². The molecular formula is C18H23N5O4. The fourth-order valence-corrected chi connectivity index (χ4v) is 2.64. The number of carboxylic acid groups (broad SMARTS) is 1. The summed E-state index contributed by atoms with van der Waals surface area (Å²) in [5.41, 5.74) is 1.60. The van der Waals surface area contributed by atoms with Crippen LogP contribution in [0.2, 0.25) is 0 Å². The standard InChI is InChI=1S/C18H23N5O4/c1-19-18(27)15(7-14-8-20-12-21-14)22-16(24)10-23(11-17(25)26)9-13-5-3-2-4-6-13/h2-6,8,12,15H,7,9-11H2,1H3,(H,19,27)(H,20,21)(H,22,24)(H,25,26)/t15-/m0/s1. The highest BCUT2D eigenvalue weighted by atomic mass is 16.4. The van der Waals surface area contributed by atoms with Gasteiger partial charge in [-0.1, -0.05) is 30.3 Å². The Morgan fingerprint density at radius 2 is 1.96 bits per heavy atom. The predicted octanol–water partition coefficient (Wildman–Crippen LogP) is -0.230. The normalized spacial score (nSPS) is 11.8. The molecular weight excluding hydrogens is 350 g/mol. The van der Waals surface area contributed by atoms with Crippen LogP contribution in [0.1, 0.15) is 11.3 Å². The lowest BCUT2D eigenvalue weighted by molar-refractivity contribution is -0.139. The molecule has 1 aromatic carbocycles. The number of H-pyrrole nitrogens is 1. The van der Waals surface area contributed by atoms with E-state index in [1.807, 2.05) is 30.3 Å². The van der Waals surface area contributed by atoms with Gasteiger partial charge in [0, 0.05) is 31.9 Å². The third-order valence-corrected chi connectivity index (χ3v) is 3.85. The van der Waals surface area contributed by atoms with Crippen molar-refractivity contribution in [3.8, 4) is 0 Å². The van der Waals surface area contributed by atoms with Crippen LogP contribution in [0.25, 0.3) is 0 Å². The molecule has 9 heteroatoms. The summed E-state index contributed by atoms with van der Waals surface area (Å²) < 4.78 is 0. The molecule has 0 saturated heterocycles. The van der Waals surface area contributed by atoms with Gasteiger partial charge >= 0.3 is 5.97 Å². The number of nitrogens with one attached hydrogen (secondary N) is 3. The Kier molecular flexibility index (Phi) is 7.50. The summed E-state index contributed by atoms with van der Waals surface area (Å²) in [6.07, 6.45) is 3.32. The Morgan fingerprint density at radius 1 is 1.22 bits per heavy atom. The maximum absolute atomic E-state index is 12.4. The number of carbonyl (C=O) groups excluding carboxylic acids is 2. The molecule has 0 aliphatic heterocycles. The van der Waals surface area contributed by atoms with E-state index in [1.165, 1.54) is 18.3 Å². The molecule has 27 heavy (non-hydrogen) atoms. The first-order chi connectivity index (χ1) is 13.0. The summed E-state index contributed by atoms with van der Waals surface area (Å²) in [6.45, 7) is -0.114. The van der Waals surface area contributed by atoms with E-state index in [9.17, 15) is 14.4 Å². The minimum atomic E-state index is -1.03. The topological polar surface area (TPSA) is 127 Å². The number of aliphatic carboxylic acids is 1. The number of amides is 2. The number of rotatable bonds is 10. The van der Waals surface area contributed by atoms with Gasteiger partial charge in [0.15, 0.2) is 0 Å². The molecule has 1 heterocycles. The summed E-state index contributed by atoms with van der Waals surface area (Å²) in [5.74, 6) is -1.80. The number of benzene rings is 1. The van der Waals surface area contributed by atoms with Gasteiger partial charge in [0.05, 0.1) is 19.4 Å². The second kappa shape index (κ2) is 10.1. The SMILES string of the molecule is CNC(=O)[C@H](Cc1cnc[nH]1)NC(=O)CN(CC(=O)O)Cc1ccccc1. The first-order valence-electron chi connectivity index (χ1n) is 8.44. The average molecular weight is 373 g/mol. The third-order valence-electron chi connectivity index (χ3n) is 3.85. The van der Waals surface area contributed by atoms with Crippen LogP contribution in [0.5, 0.6) is 0 Å². The van der Waals surface area contributed by atoms with Crippen LogP contribution in [-0.2, 0) is 27.3 Å². The molecule has 0 aliphatic carbocycles. The number of aromatic nitrogens is 2. The summed E-state index contributed by atoms with van der Waals surface area (Å²) in [5, 5.41) is 14.3. The first-order valence-corrected chi connectivity index (χ1v) is 8.44. The van der Waals surface area contributed by atoms with E-state index in [4.69, 9.17) is 5.11 Å². The number of aromatic amines is 1. The molecule has 144 valence electrons. The number of hydrogen-bond acceptors (Lipinski definition) is 5. The minimum Gasteiger partial charge on any atom is -0.480 e. The summed E-state index contributed by atoms with van der Waals surface area (Å²) in [7, 11) is 1.49. The van der Waals surface area contributed by atoms with E-state index >= 15 is 0 Å². The molecule has 0 fully saturated rings. The maximum Gasteiger partial charge on any atom is 0.317 e. The molecule has 0 spiro atoms. The summed E-state index contributed by atoms with van der Waals surface area (Å²) >= 11 is 0. The van der Waals surface area contributed by atoms with Gasteiger partial charge in [0.1, 0.15) is 6.04 Å². The molecule has 2 aromatic rings. The number of nitrogens with zero attached hydrogens (tertiary/aromatic N) is 2. The first kappa shape index (κ1) is 20.1. The fourth-order valence-electron chi connectivity index (χ4n) is 2.64. The van der Waals surface area contributed by atoms with Crippen LogP contribution in [0, 0.1) is 0 Å². The second-order valence-electron chi connectivity index (χ2n) is 6.04. The van der Waals surface area contributed by atoms with Gasteiger partial charge in [-0.25, -0.2) is 4.98 Å². The van der Waals surface area contributed by atoms with Crippen LogP contribution in [-0.4, -0.2) is 63.9 Å². The summed E-state index contributed by atoms with van der Waals surface area (Å²) in [6, 6.07) is 8.49. The molecule has 0 aliphatic rings. The van der Waals surface area contributed by atoms with Crippen molar-refractivity contribution in [3.63, 3.8) is 0 Å². The molecule has 9 nitrogen and oxygen atoms in total. The summed E-state index contributed by atoms with van der Waals surface area (Å²) in [4.78, 5) is 43.9. The molecule has 2 amide bonds. The number of imidazole rings is 1. The Labute approximate surface area is 156 Å². The monoisotopic (exact) mass is 373 g/mol. The zero-order valence-corrected chi connectivity index (χ0v) is 15.0. The zero-order valence-electron chi connectivity index (χ0n) is 15.0. The van der Waals surface area contributed by atoms with Crippen molar-refractivity contribution >= 4 is 17.8 Å². The minimum absolute atomic E-state index is 0.141. The van der Waals surface area contributed by atoms with Gasteiger partial charge in [0.25, 0.3) is 0 Å². The zero-order chi connectivity index (χ0) is 19.6. The van der Waals surface area contributed by atoms with Gasteiger partial charge < -0.3 is 20.7 Å². The van der Waals surface area contributed by atoms with E-state index < -0.39 is 17.9 Å². The number of carboxylic acids is 1. The van der Waals surface area contributed by atoms with Crippen LogP contribution in [0.4, 0.5) is 0 Å². The van der Waals surface area contributed by atoms with E-state index in [0.29, 0.717) is 12.2 Å². The van der Waals surface area contributed by atoms with Crippen LogP contribution in [0.3, 0.4) is 0 Å². The van der Waals surface area contributed by atoms with Crippen LogP contribution in [0.15, 0.2) is 42.9 Å². The Balaban J connectivity index is 2.00. The van der Waals surface area contributed by atoms with Crippen molar-refractivity contribution in [2.45, 2.75) is 19.0 Å². The van der Waals surface area contributed by atoms with Gasteiger partial charge in [-0.3, -0.25) is 19.3 Å². The van der Waals surface area contributed by atoms with Crippen molar-refractivity contribution in [1.29, 1.82) is 0 Å². The third kappa shape index (κ3) is 6.90. The highest BCUT2D eigenvalue weighted by Crippen LogP contribution is 2.05. The van der Waals surface area contributed by atoms with Gasteiger partial charge in [-0.05, 0) is 5.56 Å². The lowest BCUT2D eigenvalue weighted by atomic mass is 10.1. The van der Waals surface area contributed by atoms with E-state index in [1.54, 1.807) is 6.20 Å². The second-order valence-corrected chi connectivity index (χ2v) is 6.04. The quantitative estimate of drug-likeness (QED) is 0.456. The van der Waals surface area contributed by atoms with E-state index in [0.717, 1.165) is 5.56 Å². The van der Waals surface area contributed by atoms with Crippen molar-refractivity contribution in [1.82, 2.24) is 25.5 Å². The van der Waals surface area contributed by atoms with Crippen molar-refractivity contribution in [2.75, 3.05) is 20.1 Å². The number of hydrogen-bond donors (Lipinski definition) is 4. The molecule has 4 N–H and O–H groups in total. The highest BCUT2D eigenvalue weighted by molar-refractivity contribution is 5.88. The Morgan fingerprint density at radius 3 is 2.56 bits per heavy atom. The van der Waals surface area contributed by atoms with E-state index in [2.05, 4.69) is 20.6 Å². The van der Waals surface area contributed by atoms with Crippen molar-refractivity contribution < 1.29 is 19.5 Å². The van der Waals surface area contributed by atoms with Crippen LogP contribution < -0.4 is 10.6 Å².